The molecule has 0 saturated heterocycles. The van der Waals surface area contributed by atoms with Crippen LogP contribution in [0.15, 0.2) is 30.3 Å². The maximum Gasteiger partial charge on any atom is 0.269 e. The van der Waals surface area contributed by atoms with Crippen molar-refractivity contribution in [1.82, 2.24) is 5.32 Å². The standard InChI is InChI=1S/C17H18N2O4S/c20-14(11-5-7-13(8-6-11)19(22)23)10-18-17(21)16-9-12-3-1-2-4-15(12)24-16/h5-9,14,20H,1-4,10H2,(H,18,21)/t14-/m0/s1. The normalized spacial score (nSPS) is 14.7. The highest BCUT2D eigenvalue weighted by Gasteiger charge is 2.18. The summed E-state index contributed by atoms with van der Waals surface area (Å²) in [7, 11) is 0. The van der Waals surface area contributed by atoms with Crippen molar-refractivity contribution in [3.05, 3.63) is 61.3 Å². The molecule has 0 bridgehead atoms. The van der Waals surface area contributed by atoms with E-state index in [9.17, 15) is 20.0 Å². The van der Waals surface area contributed by atoms with E-state index in [4.69, 9.17) is 0 Å². The Bertz CT molecular complexity index is 731. The molecule has 2 aromatic rings. The highest BCUT2D eigenvalue weighted by Crippen LogP contribution is 2.29. The summed E-state index contributed by atoms with van der Waals surface area (Å²) in [5, 5.41) is 23.5. The second-order valence-corrected chi connectivity index (χ2v) is 6.98. The van der Waals surface area contributed by atoms with Crippen LogP contribution in [0, 0.1) is 10.1 Å². The Hall–Kier alpha value is -2.25. The first-order chi connectivity index (χ1) is 11.5. The minimum absolute atomic E-state index is 0.0286. The van der Waals surface area contributed by atoms with E-state index in [2.05, 4.69) is 5.32 Å². The van der Waals surface area contributed by atoms with Gasteiger partial charge in [0.25, 0.3) is 11.6 Å². The Labute approximate surface area is 143 Å². The monoisotopic (exact) mass is 346 g/mol. The quantitative estimate of drug-likeness (QED) is 0.643. The van der Waals surface area contributed by atoms with Crippen molar-refractivity contribution < 1.29 is 14.8 Å². The molecule has 1 amide bonds. The van der Waals surface area contributed by atoms with Gasteiger partial charge in [-0.2, -0.15) is 0 Å². The topological polar surface area (TPSA) is 92.5 Å². The number of aliphatic hydroxyl groups is 1. The summed E-state index contributed by atoms with van der Waals surface area (Å²) >= 11 is 1.53. The first-order valence-corrected chi connectivity index (χ1v) is 8.68. The zero-order valence-corrected chi connectivity index (χ0v) is 13.8. The lowest BCUT2D eigenvalue weighted by Gasteiger charge is -2.11. The number of amides is 1. The third-order valence-electron chi connectivity index (χ3n) is 4.17. The second-order valence-electron chi connectivity index (χ2n) is 5.84. The maximum absolute atomic E-state index is 12.2. The molecular weight excluding hydrogens is 328 g/mol. The largest absolute Gasteiger partial charge is 0.387 e. The molecule has 0 aliphatic heterocycles. The number of hydrogen-bond donors (Lipinski definition) is 2. The van der Waals surface area contributed by atoms with E-state index >= 15 is 0 Å². The van der Waals surface area contributed by atoms with Crippen LogP contribution in [-0.2, 0) is 12.8 Å². The van der Waals surface area contributed by atoms with Gasteiger partial charge in [0, 0.05) is 23.6 Å². The zero-order valence-electron chi connectivity index (χ0n) is 13.0. The van der Waals surface area contributed by atoms with Gasteiger partial charge in [-0.3, -0.25) is 14.9 Å². The molecule has 1 aromatic carbocycles. The summed E-state index contributed by atoms with van der Waals surface area (Å²) in [6.45, 7) is 0.0687. The lowest BCUT2D eigenvalue weighted by atomic mass is 9.99. The van der Waals surface area contributed by atoms with E-state index in [-0.39, 0.29) is 18.1 Å². The fourth-order valence-electron chi connectivity index (χ4n) is 2.82. The Morgan fingerprint density at radius 3 is 2.67 bits per heavy atom. The van der Waals surface area contributed by atoms with E-state index in [0.29, 0.717) is 10.4 Å². The molecule has 1 aliphatic rings. The van der Waals surface area contributed by atoms with Crippen LogP contribution in [0.3, 0.4) is 0 Å². The summed E-state index contributed by atoms with van der Waals surface area (Å²) in [6, 6.07) is 7.63. The Kier molecular flexibility index (Phi) is 4.92. The molecule has 2 N–H and O–H groups in total. The molecule has 0 fully saturated rings. The van der Waals surface area contributed by atoms with Gasteiger partial charge in [0.15, 0.2) is 0 Å². The summed E-state index contributed by atoms with van der Waals surface area (Å²) in [4.78, 5) is 24.3. The highest BCUT2D eigenvalue weighted by molar-refractivity contribution is 7.14. The van der Waals surface area contributed by atoms with Crippen LogP contribution in [0.5, 0.6) is 0 Å². The number of hydrogen-bond acceptors (Lipinski definition) is 5. The molecule has 0 unspecified atom stereocenters. The van der Waals surface area contributed by atoms with Crippen LogP contribution in [-0.4, -0.2) is 22.5 Å². The van der Waals surface area contributed by atoms with Gasteiger partial charge in [-0.25, -0.2) is 0 Å². The SMILES string of the molecule is O=C(NC[C@H](O)c1ccc([N+](=O)[O-])cc1)c1cc2c(s1)CCCC2. The average molecular weight is 346 g/mol. The Morgan fingerprint density at radius 2 is 2.00 bits per heavy atom. The number of thiophene rings is 1. The molecule has 0 saturated carbocycles. The van der Waals surface area contributed by atoms with E-state index in [1.54, 1.807) is 0 Å². The van der Waals surface area contributed by atoms with Gasteiger partial charge in [-0.05, 0) is 55.0 Å². The number of non-ortho nitro benzene ring substituents is 1. The predicted molar refractivity (Wildman–Crippen MR) is 91.4 cm³/mol. The van der Waals surface area contributed by atoms with Gasteiger partial charge in [0.1, 0.15) is 0 Å². The van der Waals surface area contributed by atoms with Gasteiger partial charge in [-0.15, -0.1) is 11.3 Å². The van der Waals surface area contributed by atoms with Crippen molar-refractivity contribution in [2.45, 2.75) is 31.8 Å². The zero-order chi connectivity index (χ0) is 17.1. The van der Waals surface area contributed by atoms with Crippen LogP contribution in [0.2, 0.25) is 0 Å². The lowest BCUT2D eigenvalue weighted by Crippen LogP contribution is -2.27. The predicted octanol–water partition coefficient (Wildman–Crippen LogP) is 3.00. The number of benzene rings is 1. The van der Waals surface area contributed by atoms with Gasteiger partial charge >= 0.3 is 0 Å². The molecule has 6 nitrogen and oxygen atoms in total. The number of nitro groups is 1. The number of fused-ring (bicyclic) bond motifs is 1. The van der Waals surface area contributed by atoms with Crippen molar-refractivity contribution in [2.24, 2.45) is 0 Å². The lowest BCUT2D eigenvalue weighted by molar-refractivity contribution is -0.384. The molecule has 1 heterocycles. The second kappa shape index (κ2) is 7.11. The maximum atomic E-state index is 12.2. The number of aliphatic hydroxyl groups excluding tert-OH is 1. The van der Waals surface area contributed by atoms with Gasteiger partial charge in [0.05, 0.1) is 15.9 Å². The molecule has 1 aromatic heterocycles. The molecule has 1 aliphatic carbocycles. The molecule has 24 heavy (non-hydrogen) atoms. The minimum atomic E-state index is -0.899. The first kappa shape index (κ1) is 16.6. The van der Waals surface area contributed by atoms with Gasteiger partial charge in [0.2, 0.25) is 0 Å². The number of aryl methyl sites for hydroxylation is 2. The molecule has 3 rings (SSSR count). The molecule has 7 heteroatoms. The molecule has 1 atom stereocenters. The van der Waals surface area contributed by atoms with Gasteiger partial charge in [-0.1, -0.05) is 0 Å². The molecular formula is C17H18N2O4S. The van der Waals surface area contributed by atoms with Crippen molar-refractivity contribution in [1.29, 1.82) is 0 Å². The summed E-state index contributed by atoms with van der Waals surface area (Å²) in [5.41, 5.74) is 1.78. The van der Waals surface area contributed by atoms with E-state index in [0.717, 1.165) is 12.8 Å². The molecule has 126 valence electrons. The first-order valence-electron chi connectivity index (χ1n) is 7.87. The number of nitrogens with one attached hydrogen (secondary N) is 1. The van der Waals surface area contributed by atoms with Crippen LogP contribution < -0.4 is 5.32 Å². The van der Waals surface area contributed by atoms with Crippen molar-refractivity contribution in [2.75, 3.05) is 6.54 Å². The highest BCUT2D eigenvalue weighted by atomic mass is 32.1. The fourth-order valence-corrected chi connectivity index (χ4v) is 3.99. The Balaban J connectivity index is 1.59. The third kappa shape index (κ3) is 3.63. The van der Waals surface area contributed by atoms with Crippen LogP contribution in [0.4, 0.5) is 5.69 Å². The number of carbonyl (C=O) groups excluding carboxylic acids is 1. The van der Waals surface area contributed by atoms with E-state index < -0.39 is 11.0 Å². The minimum Gasteiger partial charge on any atom is -0.387 e. The summed E-state index contributed by atoms with van der Waals surface area (Å²) in [6.07, 6.45) is 3.52. The van der Waals surface area contributed by atoms with Crippen molar-refractivity contribution in [3.8, 4) is 0 Å². The molecule has 0 spiro atoms. The van der Waals surface area contributed by atoms with Crippen LogP contribution in [0.1, 0.15) is 44.6 Å². The van der Waals surface area contributed by atoms with Gasteiger partial charge < -0.3 is 10.4 Å². The van der Waals surface area contributed by atoms with Crippen LogP contribution in [0.25, 0.3) is 0 Å². The fraction of sp³-hybridized carbons (Fsp3) is 0.353. The number of carbonyl (C=O) groups is 1. The smallest absolute Gasteiger partial charge is 0.269 e. The van der Waals surface area contributed by atoms with E-state index in [1.807, 2.05) is 6.07 Å². The Morgan fingerprint density at radius 1 is 1.29 bits per heavy atom. The third-order valence-corrected chi connectivity index (χ3v) is 5.40. The average Bonchev–Trinajstić information content (AvgIpc) is 3.03. The van der Waals surface area contributed by atoms with Crippen molar-refractivity contribution in [3.63, 3.8) is 0 Å². The summed E-state index contributed by atoms with van der Waals surface area (Å²) < 4.78 is 0. The molecule has 0 radical (unpaired) electrons. The van der Waals surface area contributed by atoms with E-state index in [1.165, 1.54) is 58.9 Å². The summed E-state index contributed by atoms with van der Waals surface area (Å²) in [5.74, 6) is -0.185. The van der Waals surface area contributed by atoms with Crippen molar-refractivity contribution >= 4 is 22.9 Å². The number of rotatable bonds is 5. The van der Waals surface area contributed by atoms with Crippen LogP contribution >= 0.6 is 11.3 Å². The number of nitrogens with zero attached hydrogens (tertiary/aromatic N) is 1. The number of nitro benzene ring substituents is 1.